The molecule has 1 aromatic carbocycles. The maximum Gasteiger partial charge on any atom is 0.0576 e. The highest BCUT2D eigenvalue weighted by atomic mass is 16.5. The van der Waals surface area contributed by atoms with Gasteiger partial charge in [0, 0.05) is 12.6 Å². The Hall–Kier alpha value is -0.860. The lowest BCUT2D eigenvalue weighted by atomic mass is 9.93. The highest BCUT2D eigenvalue weighted by Crippen LogP contribution is 2.21. The van der Waals surface area contributed by atoms with Crippen LogP contribution in [0.1, 0.15) is 44.1 Å². The molecular formula is C17H27NO. The Balaban J connectivity index is 1.51. The van der Waals surface area contributed by atoms with Crippen LogP contribution in [0.15, 0.2) is 30.3 Å². The van der Waals surface area contributed by atoms with E-state index < -0.39 is 0 Å². The van der Waals surface area contributed by atoms with Crippen molar-refractivity contribution in [3.63, 3.8) is 0 Å². The Morgan fingerprint density at radius 1 is 1.05 bits per heavy atom. The van der Waals surface area contributed by atoms with Crippen LogP contribution in [0.5, 0.6) is 0 Å². The van der Waals surface area contributed by atoms with E-state index in [9.17, 15) is 0 Å². The number of aryl methyl sites for hydroxylation is 1. The third-order valence-electron chi connectivity index (χ3n) is 4.14. The lowest BCUT2D eigenvalue weighted by Crippen LogP contribution is -2.33. The zero-order valence-electron chi connectivity index (χ0n) is 12.1. The van der Waals surface area contributed by atoms with Gasteiger partial charge < -0.3 is 10.1 Å². The van der Waals surface area contributed by atoms with E-state index in [0.29, 0.717) is 6.10 Å². The van der Waals surface area contributed by atoms with Crippen LogP contribution in [0.3, 0.4) is 0 Å². The van der Waals surface area contributed by atoms with Gasteiger partial charge in [-0.2, -0.15) is 0 Å². The second-order valence-electron chi connectivity index (χ2n) is 5.58. The van der Waals surface area contributed by atoms with Gasteiger partial charge in [-0.3, -0.25) is 0 Å². The molecule has 0 spiro atoms. The third kappa shape index (κ3) is 5.33. The molecule has 1 aromatic rings. The normalized spacial score (nSPS) is 23.4. The topological polar surface area (TPSA) is 21.3 Å². The van der Waals surface area contributed by atoms with Crippen LogP contribution in [0.25, 0.3) is 0 Å². The zero-order chi connectivity index (χ0) is 13.3. The van der Waals surface area contributed by atoms with Gasteiger partial charge in [-0.1, -0.05) is 30.3 Å². The van der Waals surface area contributed by atoms with Gasteiger partial charge >= 0.3 is 0 Å². The minimum Gasteiger partial charge on any atom is -0.378 e. The predicted octanol–water partition coefficient (Wildman–Crippen LogP) is 3.56. The van der Waals surface area contributed by atoms with E-state index in [0.717, 1.165) is 12.6 Å². The standard InChI is InChI=1S/C17H27NO/c1-18-16-10-12-17(13-11-16)19-14-6-5-9-15-7-3-2-4-8-15/h2-4,7-8,16-18H,5-6,9-14H2,1H3. The van der Waals surface area contributed by atoms with Gasteiger partial charge in [0.1, 0.15) is 0 Å². The molecule has 1 aliphatic carbocycles. The number of unbranched alkanes of at least 4 members (excludes halogenated alkanes) is 1. The second-order valence-corrected chi connectivity index (χ2v) is 5.58. The van der Waals surface area contributed by atoms with Gasteiger partial charge in [-0.15, -0.1) is 0 Å². The quantitative estimate of drug-likeness (QED) is 0.758. The molecule has 1 saturated carbocycles. The smallest absolute Gasteiger partial charge is 0.0576 e. The van der Waals surface area contributed by atoms with Crippen LogP contribution in [0.4, 0.5) is 0 Å². The molecule has 2 heteroatoms. The lowest BCUT2D eigenvalue weighted by Gasteiger charge is -2.28. The van der Waals surface area contributed by atoms with Crippen molar-refractivity contribution < 1.29 is 4.74 Å². The fraction of sp³-hybridized carbons (Fsp3) is 0.647. The average Bonchev–Trinajstić information content (AvgIpc) is 2.49. The maximum absolute atomic E-state index is 5.99. The fourth-order valence-electron chi connectivity index (χ4n) is 2.84. The first-order valence-corrected chi connectivity index (χ1v) is 7.71. The Morgan fingerprint density at radius 3 is 2.47 bits per heavy atom. The van der Waals surface area contributed by atoms with Crippen molar-refractivity contribution in [1.82, 2.24) is 5.32 Å². The van der Waals surface area contributed by atoms with Crippen molar-refractivity contribution in [2.45, 2.75) is 57.1 Å². The maximum atomic E-state index is 5.99. The largest absolute Gasteiger partial charge is 0.378 e. The highest BCUT2D eigenvalue weighted by molar-refractivity contribution is 5.14. The molecule has 0 radical (unpaired) electrons. The Labute approximate surface area is 117 Å². The number of hydrogen-bond donors (Lipinski definition) is 1. The van der Waals surface area contributed by atoms with Crippen molar-refractivity contribution in [3.05, 3.63) is 35.9 Å². The van der Waals surface area contributed by atoms with Crippen molar-refractivity contribution in [1.29, 1.82) is 0 Å². The number of nitrogens with one attached hydrogen (secondary N) is 1. The first-order chi connectivity index (χ1) is 9.38. The summed E-state index contributed by atoms with van der Waals surface area (Å²) in [4.78, 5) is 0. The molecule has 0 heterocycles. The second kappa shape index (κ2) is 8.34. The summed E-state index contributed by atoms with van der Waals surface area (Å²) in [6.45, 7) is 0.932. The number of benzene rings is 1. The van der Waals surface area contributed by atoms with Gasteiger partial charge in [0.05, 0.1) is 6.10 Å². The van der Waals surface area contributed by atoms with E-state index in [1.165, 1.54) is 50.5 Å². The molecule has 0 aromatic heterocycles. The molecular weight excluding hydrogens is 234 g/mol. The summed E-state index contributed by atoms with van der Waals surface area (Å²) >= 11 is 0. The average molecular weight is 261 g/mol. The third-order valence-corrected chi connectivity index (χ3v) is 4.14. The summed E-state index contributed by atoms with van der Waals surface area (Å²) in [7, 11) is 2.06. The molecule has 0 atom stereocenters. The molecule has 1 fully saturated rings. The van der Waals surface area contributed by atoms with E-state index in [4.69, 9.17) is 4.74 Å². The van der Waals surface area contributed by atoms with Gasteiger partial charge in [0.2, 0.25) is 0 Å². The fourth-order valence-corrected chi connectivity index (χ4v) is 2.84. The van der Waals surface area contributed by atoms with Crippen molar-refractivity contribution in [3.8, 4) is 0 Å². The Morgan fingerprint density at radius 2 is 1.79 bits per heavy atom. The molecule has 0 aliphatic heterocycles. The number of hydrogen-bond acceptors (Lipinski definition) is 2. The summed E-state index contributed by atoms with van der Waals surface area (Å²) in [5, 5.41) is 3.36. The van der Waals surface area contributed by atoms with Crippen LogP contribution in [-0.4, -0.2) is 25.8 Å². The molecule has 19 heavy (non-hydrogen) atoms. The molecule has 2 rings (SSSR count). The summed E-state index contributed by atoms with van der Waals surface area (Å²) < 4.78 is 5.99. The summed E-state index contributed by atoms with van der Waals surface area (Å²) in [5.74, 6) is 0. The van der Waals surface area contributed by atoms with Crippen molar-refractivity contribution in [2.75, 3.05) is 13.7 Å². The zero-order valence-corrected chi connectivity index (χ0v) is 12.1. The monoisotopic (exact) mass is 261 g/mol. The van der Waals surface area contributed by atoms with Crippen LogP contribution in [0, 0.1) is 0 Å². The van der Waals surface area contributed by atoms with Gasteiger partial charge in [-0.25, -0.2) is 0 Å². The molecule has 1 aliphatic rings. The molecule has 0 saturated heterocycles. The highest BCUT2D eigenvalue weighted by Gasteiger charge is 2.19. The number of rotatable bonds is 7. The van der Waals surface area contributed by atoms with Crippen LogP contribution >= 0.6 is 0 Å². The van der Waals surface area contributed by atoms with E-state index in [-0.39, 0.29) is 0 Å². The Bertz CT molecular complexity index is 330. The SMILES string of the molecule is CNC1CCC(OCCCCc2ccccc2)CC1. The van der Waals surface area contributed by atoms with Gasteiger partial charge in [0.15, 0.2) is 0 Å². The summed E-state index contributed by atoms with van der Waals surface area (Å²) in [5.41, 5.74) is 1.44. The molecule has 1 N–H and O–H groups in total. The first-order valence-electron chi connectivity index (χ1n) is 7.71. The van der Waals surface area contributed by atoms with Crippen molar-refractivity contribution in [2.24, 2.45) is 0 Å². The summed E-state index contributed by atoms with van der Waals surface area (Å²) in [6, 6.07) is 11.4. The molecule has 0 amide bonds. The minimum absolute atomic E-state index is 0.515. The lowest BCUT2D eigenvalue weighted by molar-refractivity contribution is 0.0213. The van der Waals surface area contributed by atoms with E-state index >= 15 is 0 Å². The van der Waals surface area contributed by atoms with E-state index in [1.54, 1.807) is 0 Å². The van der Waals surface area contributed by atoms with Gasteiger partial charge in [0.25, 0.3) is 0 Å². The van der Waals surface area contributed by atoms with Gasteiger partial charge in [-0.05, 0) is 57.6 Å². The minimum atomic E-state index is 0.515. The van der Waals surface area contributed by atoms with Crippen LogP contribution < -0.4 is 5.32 Å². The molecule has 0 bridgehead atoms. The molecule has 2 nitrogen and oxygen atoms in total. The molecule has 106 valence electrons. The van der Waals surface area contributed by atoms with E-state index in [1.807, 2.05) is 0 Å². The first kappa shape index (κ1) is 14.5. The van der Waals surface area contributed by atoms with Crippen LogP contribution in [-0.2, 0) is 11.2 Å². The van der Waals surface area contributed by atoms with E-state index in [2.05, 4.69) is 42.7 Å². The van der Waals surface area contributed by atoms with Crippen molar-refractivity contribution >= 4 is 0 Å². The number of ether oxygens (including phenoxy) is 1. The molecule has 0 unspecified atom stereocenters. The summed E-state index contributed by atoms with van der Waals surface area (Å²) in [6.07, 6.45) is 9.10. The predicted molar refractivity (Wildman–Crippen MR) is 80.4 cm³/mol. The Kier molecular flexibility index (Phi) is 6.38. The van der Waals surface area contributed by atoms with Crippen LogP contribution in [0.2, 0.25) is 0 Å².